The largest absolute Gasteiger partial charge is 0.335 e. The lowest BCUT2D eigenvalue weighted by Gasteiger charge is -2.46. The van der Waals surface area contributed by atoms with Gasteiger partial charge >= 0.3 is 0 Å². The predicted molar refractivity (Wildman–Crippen MR) is 75.5 cm³/mol. The summed E-state index contributed by atoms with van der Waals surface area (Å²) in [5, 5.41) is 4.34. The lowest BCUT2D eigenvalue weighted by molar-refractivity contribution is 0.0291. The van der Waals surface area contributed by atoms with E-state index < -0.39 is 0 Å². The molecule has 2 saturated heterocycles. The molecule has 2 aliphatic heterocycles. The Morgan fingerprint density at radius 2 is 2.00 bits per heavy atom. The SMILES string of the molecule is CN1CC2(CCN(C(=O)c3ncn(C(C)(C)C)n3)C2)C1. The molecule has 6 heteroatoms. The summed E-state index contributed by atoms with van der Waals surface area (Å²) in [6.45, 7) is 10.0. The molecular formula is C14H23N5O. The Labute approximate surface area is 119 Å². The molecule has 0 radical (unpaired) electrons. The number of amides is 1. The van der Waals surface area contributed by atoms with Gasteiger partial charge in [0.2, 0.25) is 5.82 Å². The number of rotatable bonds is 1. The molecule has 1 aromatic rings. The smallest absolute Gasteiger partial charge is 0.293 e. The van der Waals surface area contributed by atoms with Gasteiger partial charge in [-0.05, 0) is 34.2 Å². The molecule has 1 spiro atoms. The molecule has 3 heterocycles. The van der Waals surface area contributed by atoms with Crippen molar-refractivity contribution in [1.29, 1.82) is 0 Å². The second kappa shape index (κ2) is 4.28. The van der Waals surface area contributed by atoms with Crippen LogP contribution in [0.1, 0.15) is 37.8 Å². The number of nitrogens with zero attached hydrogens (tertiary/aromatic N) is 5. The first-order valence-electron chi connectivity index (χ1n) is 7.19. The predicted octanol–water partition coefficient (Wildman–Crippen LogP) is 0.811. The summed E-state index contributed by atoms with van der Waals surface area (Å²) in [6, 6.07) is 0. The Morgan fingerprint density at radius 1 is 1.30 bits per heavy atom. The van der Waals surface area contributed by atoms with E-state index in [1.54, 1.807) is 11.0 Å². The van der Waals surface area contributed by atoms with E-state index in [1.807, 2.05) is 25.7 Å². The highest BCUT2D eigenvalue weighted by atomic mass is 16.2. The van der Waals surface area contributed by atoms with Crippen molar-refractivity contribution in [3.63, 3.8) is 0 Å². The first-order valence-corrected chi connectivity index (χ1v) is 7.19. The van der Waals surface area contributed by atoms with E-state index in [0.717, 1.165) is 32.6 Å². The molecule has 2 aliphatic rings. The molecule has 0 unspecified atom stereocenters. The Bertz CT molecular complexity index is 524. The molecule has 0 atom stereocenters. The Balaban J connectivity index is 1.69. The zero-order chi connectivity index (χ0) is 14.5. The van der Waals surface area contributed by atoms with Crippen molar-refractivity contribution >= 4 is 5.91 Å². The van der Waals surface area contributed by atoms with Gasteiger partial charge in [-0.3, -0.25) is 4.79 Å². The third kappa shape index (κ3) is 2.22. The molecule has 1 amide bonds. The molecule has 3 rings (SSSR count). The fourth-order valence-corrected chi connectivity index (χ4v) is 3.29. The van der Waals surface area contributed by atoms with Gasteiger partial charge in [-0.2, -0.15) is 0 Å². The number of likely N-dealkylation sites (tertiary alicyclic amines) is 2. The highest BCUT2D eigenvalue weighted by Crippen LogP contribution is 2.38. The molecule has 0 aromatic carbocycles. The normalized spacial score (nSPS) is 22.3. The maximum atomic E-state index is 12.5. The second-order valence-electron chi connectivity index (χ2n) is 7.33. The lowest BCUT2D eigenvalue weighted by Crippen LogP contribution is -2.55. The van der Waals surface area contributed by atoms with Crippen molar-refractivity contribution in [2.75, 3.05) is 33.2 Å². The van der Waals surface area contributed by atoms with Gasteiger partial charge in [-0.1, -0.05) is 0 Å². The van der Waals surface area contributed by atoms with Crippen molar-refractivity contribution in [1.82, 2.24) is 24.6 Å². The van der Waals surface area contributed by atoms with Crippen LogP contribution in [0.5, 0.6) is 0 Å². The van der Waals surface area contributed by atoms with Crippen LogP contribution in [-0.2, 0) is 5.54 Å². The number of hydrogen-bond donors (Lipinski definition) is 0. The van der Waals surface area contributed by atoms with Gasteiger partial charge in [-0.25, -0.2) is 9.67 Å². The summed E-state index contributed by atoms with van der Waals surface area (Å²) in [6.07, 6.45) is 2.75. The van der Waals surface area contributed by atoms with Crippen molar-refractivity contribution in [3.05, 3.63) is 12.2 Å². The van der Waals surface area contributed by atoms with E-state index >= 15 is 0 Å². The lowest BCUT2D eigenvalue weighted by atomic mass is 9.79. The van der Waals surface area contributed by atoms with E-state index in [-0.39, 0.29) is 11.4 Å². The molecule has 0 aliphatic carbocycles. The Kier molecular flexibility index (Phi) is 2.90. The highest BCUT2D eigenvalue weighted by Gasteiger charge is 2.47. The molecule has 1 aromatic heterocycles. The average molecular weight is 277 g/mol. The van der Waals surface area contributed by atoms with Gasteiger partial charge < -0.3 is 9.80 Å². The van der Waals surface area contributed by atoms with Gasteiger partial charge in [-0.15, -0.1) is 5.10 Å². The molecule has 0 N–H and O–H groups in total. The van der Waals surface area contributed by atoms with Crippen molar-refractivity contribution in [2.24, 2.45) is 5.41 Å². The summed E-state index contributed by atoms with van der Waals surface area (Å²) in [5.41, 5.74) is 0.186. The molecule has 20 heavy (non-hydrogen) atoms. The monoisotopic (exact) mass is 277 g/mol. The van der Waals surface area contributed by atoms with Crippen LogP contribution in [0, 0.1) is 5.41 Å². The van der Waals surface area contributed by atoms with Crippen LogP contribution in [0.4, 0.5) is 0 Å². The van der Waals surface area contributed by atoms with Crippen molar-refractivity contribution in [3.8, 4) is 0 Å². The van der Waals surface area contributed by atoms with Crippen LogP contribution in [0.25, 0.3) is 0 Å². The minimum absolute atomic E-state index is 0.0283. The molecular weight excluding hydrogens is 254 g/mol. The van der Waals surface area contributed by atoms with Crippen LogP contribution < -0.4 is 0 Å². The molecule has 0 saturated carbocycles. The first kappa shape index (κ1) is 13.5. The minimum atomic E-state index is -0.144. The molecule has 2 fully saturated rings. The van der Waals surface area contributed by atoms with E-state index in [2.05, 4.69) is 22.0 Å². The van der Waals surface area contributed by atoms with Gasteiger partial charge in [0.15, 0.2) is 0 Å². The Morgan fingerprint density at radius 3 is 2.55 bits per heavy atom. The summed E-state index contributed by atoms with van der Waals surface area (Å²) in [5.74, 6) is 0.295. The van der Waals surface area contributed by atoms with E-state index in [9.17, 15) is 4.79 Å². The van der Waals surface area contributed by atoms with Gasteiger partial charge in [0.25, 0.3) is 5.91 Å². The summed E-state index contributed by atoms with van der Waals surface area (Å²) >= 11 is 0. The topological polar surface area (TPSA) is 54.3 Å². The highest BCUT2D eigenvalue weighted by molar-refractivity contribution is 5.90. The second-order valence-corrected chi connectivity index (χ2v) is 7.33. The van der Waals surface area contributed by atoms with Crippen LogP contribution in [-0.4, -0.2) is 63.7 Å². The summed E-state index contributed by atoms with van der Waals surface area (Å²) in [7, 11) is 2.13. The average Bonchev–Trinajstić information content (AvgIpc) is 2.92. The quantitative estimate of drug-likeness (QED) is 0.762. The van der Waals surface area contributed by atoms with Crippen molar-refractivity contribution in [2.45, 2.75) is 32.7 Å². The summed E-state index contributed by atoms with van der Waals surface area (Å²) < 4.78 is 1.75. The third-order valence-corrected chi connectivity index (χ3v) is 4.31. The molecule has 6 nitrogen and oxygen atoms in total. The van der Waals surface area contributed by atoms with E-state index in [4.69, 9.17) is 0 Å². The van der Waals surface area contributed by atoms with Gasteiger partial charge in [0.1, 0.15) is 6.33 Å². The first-order chi connectivity index (χ1) is 9.29. The van der Waals surface area contributed by atoms with Crippen LogP contribution >= 0.6 is 0 Å². The third-order valence-electron chi connectivity index (χ3n) is 4.31. The van der Waals surface area contributed by atoms with Crippen LogP contribution in [0.15, 0.2) is 6.33 Å². The number of carbonyl (C=O) groups is 1. The van der Waals surface area contributed by atoms with Crippen LogP contribution in [0.2, 0.25) is 0 Å². The fraction of sp³-hybridized carbons (Fsp3) is 0.786. The minimum Gasteiger partial charge on any atom is -0.335 e. The van der Waals surface area contributed by atoms with Gasteiger partial charge in [0, 0.05) is 31.6 Å². The zero-order valence-corrected chi connectivity index (χ0v) is 12.8. The molecule has 110 valence electrons. The van der Waals surface area contributed by atoms with E-state index in [1.165, 1.54) is 0 Å². The van der Waals surface area contributed by atoms with Gasteiger partial charge in [0.05, 0.1) is 5.54 Å². The molecule has 0 bridgehead atoms. The standard InChI is InChI=1S/C14H23N5O/c1-13(2,3)19-10-15-11(16-19)12(20)18-6-5-14(9-18)7-17(4)8-14/h10H,5-9H2,1-4H3. The number of carbonyl (C=O) groups excluding carboxylic acids is 1. The number of hydrogen-bond acceptors (Lipinski definition) is 4. The van der Waals surface area contributed by atoms with E-state index in [0.29, 0.717) is 11.2 Å². The Hall–Kier alpha value is -1.43. The summed E-state index contributed by atoms with van der Waals surface area (Å²) in [4.78, 5) is 20.9. The number of aromatic nitrogens is 3. The van der Waals surface area contributed by atoms with Crippen LogP contribution in [0.3, 0.4) is 0 Å². The van der Waals surface area contributed by atoms with Crippen molar-refractivity contribution < 1.29 is 4.79 Å². The maximum absolute atomic E-state index is 12.5. The maximum Gasteiger partial charge on any atom is 0.293 e. The zero-order valence-electron chi connectivity index (χ0n) is 12.8. The fourth-order valence-electron chi connectivity index (χ4n) is 3.29.